The first-order valence-corrected chi connectivity index (χ1v) is 9.90. The van der Waals surface area contributed by atoms with Gasteiger partial charge in [0.05, 0.1) is 0 Å². The molecule has 0 bridgehead atoms. The van der Waals surface area contributed by atoms with E-state index in [0.717, 1.165) is 12.8 Å². The van der Waals surface area contributed by atoms with Gasteiger partial charge in [0.15, 0.2) is 6.10 Å². The maximum absolute atomic E-state index is 12.9. The quantitative estimate of drug-likeness (QED) is 0.781. The SMILES string of the molecule is CCCC(NC(=O)[C@@H]1CC[C@H](C(=O)O)O1)C(=O)N1CCc2sccc2C1. The number of rotatable bonds is 6. The van der Waals surface area contributed by atoms with Gasteiger partial charge in [-0.15, -0.1) is 11.3 Å². The highest BCUT2D eigenvalue weighted by Gasteiger charge is 2.37. The molecule has 26 heavy (non-hydrogen) atoms. The van der Waals surface area contributed by atoms with Gasteiger partial charge in [0.1, 0.15) is 12.1 Å². The van der Waals surface area contributed by atoms with Gasteiger partial charge in [0, 0.05) is 18.0 Å². The van der Waals surface area contributed by atoms with Crippen molar-refractivity contribution in [1.82, 2.24) is 10.2 Å². The van der Waals surface area contributed by atoms with Crippen molar-refractivity contribution in [3.8, 4) is 0 Å². The van der Waals surface area contributed by atoms with Crippen LogP contribution in [0, 0.1) is 0 Å². The molecule has 1 fully saturated rings. The zero-order valence-electron chi connectivity index (χ0n) is 14.8. The van der Waals surface area contributed by atoms with Crippen LogP contribution in [0.25, 0.3) is 0 Å². The first-order valence-electron chi connectivity index (χ1n) is 9.02. The predicted molar refractivity (Wildman–Crippen MR) is 95.8 cm³/mol. The molecule has 2 amide bonds. The third-order valence-corrected chi connectivity index (χ3v) is 5.92. The fourth-order valence-electron chi connectivity index (χ4n) is 3.48. The largest absolute Gasteiger partial charge is 0.479 e. The van der Waals surface area contributed by atoms with Gasteiger partial charge in [-0.3, -0.25) is 9.59 Å². The molecule has 1 unspecified atom stereocenters. The van der Waals surface area contributed by atoms with Gasteiger partial charge in [0.25, 0.3) is 0 Å². The summed E-state index contributed by atoms with van der Waals surface area (Å²) < 4.78 is 5.29. The summed E-state index contributed by atoms with van der Waals surface area (Å²) in [6.45, 7) is 3.20. The van der Waals surface area contributed by atoms with Crippen LogP contribution in [0.4, 0.5) is 0 Å². The molecule has 3 heterocycles. The molecule has 3 atom stereocenters. The van der Waals surface area contributed by atoms with E-state index in [1.54, 1.807) is 16.2 Å². The van der Waals surface area contributed by atoms with Crippen molar-refractivity contribution in [2.45, 2.75) is 63.8 Å². The minimum absolute atomic E-state index is 0.0789. The molecule has 0 aliphatic carbocycles. The van der Waals surface area contributed by atoms with Crippen molar-refractivity contribution >= 4 is 29.1 Å². The van der Waals surface area contributed by atoms with Crippen molar-refractivity contribution < 1.29 is 24.2 Å². The Balaban J connectivity index is 1.61. The number of carbonyl (C=O) groups excluding carboxylic acids is 2. The van der Waals surface area contributed by atoms with Crippen molar-refractivity contribution in [3.05, 3.63) is 21.9 Å². The molecule has 1 aromatic rings. The molecular formula is C18H24N2O5S. The van der Waals surface area contributed by atoms with Crippen LogP contribution in [-0.2, 0) is 32.1 Å². The van der Waals surface area contributed by atoms with E-state index in [9.17, 15) is 14.4 Å². The van der Waals surface area contributed by atoms with E-state index in [0.29, 0.717) is 32.4 Å². The maximum atomic E-state index is 12.9. The highest BCUT2D eigenvalue weighted by atomic mass is 32.1. The molecule has 2 N–H and O–H groups in total. The maximum Gasteiger partial charge on any atom is 0.332 e. The van der Waals surface area contributed by atoms with Crippen LogP contribution in [-0.4, -0.2) is 52.6 Å². The molecule has 2 aliphatic rings. The molecule has 0 radical (unpaired) electrons. The van der Waals surface area contributed by atoms with E-state index in [1.807, 2.05) is 18.4 Å². The van der Waals surface area contributed by atoms with Crippen LogP contribution in [0.15, 0.2) is 11.4 Å². The predicted octanol–water partition coefficient (Wildman–Crippen LogP) is 1.55. The number of hydrogen-bond donors (Lipinski definition) is 2. The molecule has 1 aromatic heterocycles. The summed E-state index contributed by atoms with van der Waals surface area (Å²) in [4.78, 5) is 39.5. The number of nitrogens with zero attached hydrogens (tertiary/aromatic N) is 1. The second kappa shape index (κ2) is 8.18. The topological polar surface area (TPSA) is 95.9 Å². The number of amides is 2. The number of aliphatic carboxylic acids is 1. The zero-order valence-corrected chi connectivity index (χ0v) is 15.6. The average Bonchev–Trinajstić information content (AvgIpc) is 3.29. The fraction of sp³-hybridized carbons (Fsp3) is 0.611. The second-order valence-corrected chi connectivity index (χ2v) is 7.76. The standard InChI is InChI=1S/C18H24N2O5S/c1-2-3-12(19-16(21)13-4-5-14(25-13)18(23)24)17(22)20-8-6-15-11(10-20)7-9-26-15/h7,9,12-14H,2-6,8,10H2,1H3,(H,19,21)(H,23,24)/t12?,13-,14+/m0/s1. The van der Waals surface area contributed by atoms with E-state index >= 15 is 0 Å². The smallest absolute Gasteiger partial charge is 0.332 e. The van der Waals surface area contributed by atoms with Crippen LogP contribution < -0.4 is 5.32 Å². The molecule has 8 heteroatoms. The molecule has 142 valence electrons. The lowest BCUT2D eigenvalue weighted by Gasteiger charge is -2.31. The number of carbonyl (C=O) groups is 3. The van der Waals surface area contributed by atoms with Crippen molar-refractivity contribution in [3.63, 3.8) is 0 Å². The number of fused-ring (bicyclic) bond motifs is 1. The first kappa shape index (κ1) is 18.8. The van der Waals surface area contributed by atoms with Gasteiger partial charge in [0.2, 0.25) is 11.8 Å². The Bertz CT molecular complexity index is 689. The number of thiophene rings is 1. The average molecular weight is 380 g/mol. The second-order valence-electron chi connectivity index (χ2n) is 6.76. The van der Waals surface area contributed by atoms with Gasteiger partial charge >= 0.3 is 5.97 Å². The Hall–Kier alpha value is -1.93. The van der Waals surface area contributed by atoms with Crippen molar-refractivity contribution in [2.75, 3.05) is 6.54 Å². The summed E-state index contributed by atoms with van der Waals surface area (Å²) in [5, 5.41) is 13.8. The van der Waals surface area contributed by atoms with Gasteiger partial charge in [-0.25, -0.2) is 4.79 Å². The molecule has 0 spiro atoms. The first-order chi connectivity index (χ1) is 12.5. The number of carboxylic acid groups (broad SMARTS) is 1. The van der Waals surface area contributed by atoms with E-state index in [-0.39, 0.29) is 5.91 Å². The molecule has 0 aromatic carbocycles. The zero-order chi connectivity index (χ0) is 18.7. The number of ether oxygens (including phenoxy) is 1. The van der Waals surface area contributed by atoms with E-state index < -0.39 is 30.1 Å². The van der Waals surface area contributed by atoms with Crippen LogP contribution >= 0.6 is 11.3 Å². The molecule has 7 nitrogen and oxygen atoms in total. The normalized spacial score (nSPS) is 23.3. The third kappa shape index (κ3) is 4.07. The lowest BCUT2D eigenvalue weighted by molar-refractivity contribution is -0.152. The molecule has 0 saturated carbocycles. The van der Waals surface area contributed by atoms with Crippen molar-refractivity contribution in [2.24, 2.45) is 0 Å². The van der Waals surface area contributed by atoms with E-state index in [4.69, 9.17) is 9.84 Å². The van der Waals surface area contributed by atoms with Gasteiger partial charge in [-0.2, -0.15) is 0 Å². The van der Waals surface area contributed by atoms with Crippen LogP contribution in [0.2, 0.25) is 0 Å². The van der Waals surface area contributed by atoms with Gasteiger partial charge < -0.3 is 20.1 Å². The Morgan fingerprint density at radius 2 is 2.15 bits per heavy atom. The van der Waals surface area contributed by atoms with Gasteiger partial charge in [-0.1, -0.05) is 13.3 Å². The Morgan fingerprint density at radius 3 is 2.85 bits per heavy atom. The van der Waals surface area contributed by atoms with Crippen LogP contribution in [0.1, 0.15) is 43.0 Å². The summed E-state index contributed by atoms with van der Waals surface area (Å²) in [7, 11) is 0. The lowest BCUT2D eigenvalue weighted by atomic mass is 10.1. The van der Waals surface area contributed by atoms with Crippen molar-refractivity contribution in [1.29, 1.82) is 0 Å². The highest BCUT2D eigenvalue weighted by Crippen LogP contribution is 2.25. The summed E-state index contributed by atoms with van der Waals surface area (Å²) >= 11 is 1.72. The number of carboxylic acids is 1. The summed E-state index contributed by atoms with van der Waals surface area (Å²) in [5.41, 5.74) is 1.18. The summed E-state index contributed by atoms with van der Waals surface area (Å²) in [5.74, 6) is -1.53. The molecule has 1 saturated heterocycles. The Morgan fingerprint density at radius 1 is 1.38 bits per heavy atom. The lowest BCUT2D eigenvalue weighted by Crippen LogP contribution is -2.51. The fourth-order valence-corrected chi connectivity index (χ4v) is 4.37. The number of nitrogens with one attached hydrogen (secondary N) is 1. The summed E-state index contributed by atoms with van der Waals surface area (Å²) in [6.07, 6.45) is 1.09. The highest BCUT2D eigenvalue weighted by molar-refractivity contribution is 7.10. The Kier molecular flexibility index (Phi) is 5.93. The molecular weight excluding hydrogens is 356 g/mol. The summed E-state index contributed by atoms with van der Waals surface area (Å²) in [6, 6.07) is 1.45. The van der Waals surface area contributed by atoms with Crippen LogP contribution in [0.3, 0.4) is 0 Å². The number of hydrogen-bond acceptors (Lipinski definition) is 5. The van der Waals surface area contributed by atoms with Gasteiger partial charge in [-0.05, 0) is 42.7 Å². The van der Waals surface area contributed by atoms with E-state index in [1.165, 1.54) is 10.4 Å². The van der Waals surface area contributed by atoms with E-state index in [2.05, 4.69) is 5.32 Å². The van der Waals surface area contributed by atoms with Crippen LogP contribution in [0.5, 0.6) is 0 Å². The third-order valence-electron chi connectivity index (χ3n) is 4.90. The minimum Gasteiger partial charge on any atom is -0.479 e. The Labute approximate surface area is 156 Å². The minimum atomic E-state index is -1.05. The monoisotopic (exact) mass is 380 g/mol. The molecule has 3 rings (SSSR count). The molecule has 2 aliphatic heterocycles.